The van der Waals surface area contributed by atoms with Crippen LogP contribution in [-0.2, 0) is 11.2 Å². The fraction of sp³-hybridized carbons (Fsp3) is 0.417. The van der Waals surface area contributed by atoms with E-state index in [1.54, 1.807) is 6.92 Å². The predicted molar refractivity (Wildman–Crippen MR) is 61.3 cm³/mol. The normalized spacial score (nSPS) is 14.4. The fourth-order valence-corrected chi connectivity index (χ4v) is 1.41. The van der Waals surface area contributed by atoms with Gasteiger partial charge in [-0.05, 0) is 18.9 Å². The van der Waals surface area contributed by atoms with Crippen molar-refractivity contribution in [2.45, 2.75) is 25.5 Å². The number of carboxylic acid groups (broad SMARTS) is 1. The molecule has 0 bridgehead atoms. The van der Waals surface area contributed by atoms with Gasteiger partial charge in [-0.15, -0.1) is 0 Å². The lowest BCUT2D eigenvalue weighted by Crippen LogP contribution is -2.41. The quantitative estimate of drug-likeness (QED) is 0.662. The maximum absolute atomic E-state index is 11.0. The van der Waals surface area contributed by atoms with Gasteiger partial charge in [0.25, 0.3) is 0 Å². The van der Waals surface area contributed by atoms with Crippen LogP contribution in [0.2, 0.25) is 0 Å². The molecule has 0 aromatic heterocycles. The van der Waals surface area contributed by atoms with Gasteiger partial charge in [-0.2, -0.15) is 0 Å². The third-order valence-electron chi connectivity index (χ3n) is 2.24. The van der Waals surface area contributed by atoms with E-state index in [1.807, 2.05) is 30.3 Å². The van der Waals surface area contributed by atoms with Crippen molar-refractivity contribution in [3.8, 4) is 0 Å². The Morgan fingerprint density at radius 2 is 2.00 bits per heavy atom. The Hall–Kier alpha value is -1.39. The first-order valence-electron chi connectivity index (χ1n) is 5.27. The van der Waals surface area contributed by atoms with Crippen molar-refractivity contribution in [2.75, 3.05) is 6.54 Å². The lowest BCUT2D eigenvalue weighted by Gasteiger charge is -2.15. The second kappa shape index (κ2) is 6.25. The molecule has 0 heterocycles. The van der Waals surface area contributed by atoms with Gasteiger partial charge in [0.05, 0.1) is 6.10 Å². The van der Waals surface area contributed by atoms with Crippen LogP contribution in [0.1, 0.15) is 12.5 Å². The van der Waals surface area contributed by atoms with Crippen molar-refractivity contribution in [3.05, 3.63) is 35.9 Å². The molecule has 16 heavy (non-hydrogen) atoms. The molecule has 4 nitrogen and oxygen atoms in total. The standard InChI is InChI=1S/C12H17NO3/c1-9(14)8-13-11(12(15)16)7-10-5-3-2-4-6-10/h2-6,9,11,13-14H,7-8H2,1H3,(H,15,16)/t9-,11+/m1/s1. The Balaban J connectivity index is 2.55. The third-order valence-corrected chi connectivity index (χ3v) is 2.24. The van der Waals surface area contributed by atoms with Crippen LogP contribution in [-0.4, -0.2) is 34.9 Å². The Morgan fingerprint density at radius 1 is 1.38 bits per heavy atom. The highest BCUT2D eigenvalue weighted by Gasteiger charge is 2.17. The monoisotopic (exact) mass is 223 g/mol. The predicted octanol–water partition coefficient (Wildman–Crippen LogP) is 0.653. The SMILES string of the molecule is C[C@@H](O)CN[C@@H](Cc1ccccc1)C(=O)O. The van der Waals surface area contributed by atoms with Crippen molar-refractivity contribution < 1.29 is 15.0 Å². The van der Waals surface area contributed by atoms with E-state index >= 15 is 0 Å². The van der Waals surface area contributed by atoms with Gasteiger partial charge in [0.2, 0.25) is 0 Å². The van der Waals surface area contributed by atoms with E-state index in [-0.39, 0.29) is 6.54 Å². The molecule has 0 unspecified atom stereocenters. The Bertz CT molecular complexity index is 324. The van der Waals surface area contributed by atoms with Gasteiger partial charge in [0, 0.05) is 6.54 Å². The number of nitrogens with one attached hydrogen (secondary N) is 1. The first-order chi connectivity index (χ1) is 7.59. The summed E-state index contributed by atoms with van der Waals surface area (Å²) in [5.74, 6) is -0.899. The molecule has 0 amide bonds. The summed E-state index contributed by atoms with van der Waals surface area (Å²) in [6.07, 6.45) is -0.124. The molecule has 0 saturated heterocycles. The molecule has 0 aliphatic heterocycles. The number of benzene rings is 1. The molecule has 1 rings (SSSR count). The lowest BCUT2D eigenvalue weighted by molar-refractivity contribution is -0.139. The largest absolute Gasteiger partial charge is 0.480 e. The summed E-state index contributed by atoms with van der Waals surface area (Å²) in [6.45, 7) is 1.90. The molecule has 2 atom stereocenters. The molecule has 88 valence electrons. The average Bonchev–Trinajstić information content (AvgIpc) is 2.25. The van der Waals surface area contributed by atoms with E-state index in [1.165, 1.54) is 0 Å². The molecular weight excluding hydrogens is 206 g/mol. The molecule has 0 saturated carbocycles. The number of carbonyl (C=O) groups is 1. The van der Waals surface area contributed by atoms with E-state index < -0.39 is 18.1 Å². The molecule has 1 aromatic rings. The maximum atomic E-state index is 11.0. The van der Waals surface area contributed by atoms with Crippen LogP contribution in [0.15, 0.2) is 30.3 Å². The Morgan fingerprint density at radius 3 is 2.50 bits per heavy atom. The van der Waals surface area contributed by atoms with Crippen LogP contribution in [0.5, 0.6) is 0 Å². The molecular formula is C12H17NO3. The maximum Gasteiger partial charge on any atom is 0.321 e. The smallest absolute Gasteiger partial charge is 0.321 e. The topological polar surface area (TPSA) is 69.6 Å². The zero-order chi connectivity index (χ0) is 12.0. The van der Waals surface area contributed by atoms with Gasteiger partial charge < -0.3 is 15.5 Å². The average molecular weight is 223 g/mol. The highest BCUT2D eigenvalue weighted by Crippen LogP contribution is 2.03. The molecule has 0 aliphatic rings. The number of carboxylic acids is 1. The Labute approximate surface area is 94.9 Å². The molecule has 0 spiro atoms. The van der Waals surface area contributed by atoms with Crippen molar-refractivity contribution >= 4 is 5.97 Å². The van der Waals surface area contributed by atoms with Crippen LogP contribution >= 0.6 is 0 Å². The molecule has 4 heteroatoms. The van der Waals surface area contributed by atoms with Gasteiger partial charge >= 0.3 is 5.97 Å². The lowest BCUT2D eigenvalue weighted by atomic mass is 10.1. The molecule has 0 radical (unpaired) electrons. The minimum atomic E-state index is -0.899. The summed E-state index contributed by atoms with van der Waals surface area (Å²) >= 11 is 0. The minimum absolute atomic E-state index is 0.282. The van der Waals surface area contributed by atoms with Gasteiger partial charge in [-0.25, -0.2) is 0 Å². The zero-order valence-corrected chi connectivity index (χ0v) is 9.26. The second-order valence-electron chi connectivity index (χ2n) is 3.84. The van der Waals surface area contributed by atoms with Crippen molar-refractivity contribution in [1.82, 2.24) is 5.32 Å². The van der Waals surface area contributed by atoms with E-state index in [2.05, 4.69) is 5.32 Å². The molecule has 0 aliphatic carbocycles. The highest BCUT2D eigenvalue weighted by atomic mass is 16.4. The summed E-state index contributed by atoms with van der Waals surface area (Å²) in [6, 6.07) is 8.77. The molecule has 0 fully saturated rings. The zero-order valence-electron chi connectivity index (χ0n) is 9.26. The van der Waals surface area contributed by atoms with Crippen LogP contribution in [0.4, 0.5) is 0 Å². The number of aliphatic carboxylic acids is 1. The number of hydrogen-bond donors (Lipinski definition) is 3. The summed E-state index contributed by atoms with van der Waals surface area (Å²) in [5.41, 5.74) is 0.966. The van der Waals surface area contributed by atoms with Gasteiger partial charge in [0.15, 0.2) is 0 Å². The van der Waals surface area contributed by atoms with E-state index in [9.17, 15) is 4.79 Å². The van der Waals surface area contributed by atoms with Crippen molar-refractivity contribution in [1.29, 1.82) is 0 Å². The number of aliphatic hydroxyl groups excluding tert-OH is 1. The highest BCUT2D eigenvalue weighted by molar-refractivity contribution is 5.73. The second-order valence-corrected chi connectivity index (χ2v) is 3.84. The molecule has 1 aromatic carbocycles. The van der Waals surface area contributed by atoms with Crippen LogP contribution in [0, 0.1) is 0 Å². The minimum Gasteiger partial charge on any atom is -0.480 e. The van der Waals surface area contributed by atoms with Crippen molar-refractivity contribution in [3.63, 3.8) is 0 Å². The number of rotatable bonds is 6. The van der Waals surface area contributed by atoms with Gasteiger partial charge in [-0.1, -0.05) is 30.3 Å². The van der Waals surface area contributed by atoms with E-state index in [0.29, 0.717) is 6.42 Å². The van der Waals surface area contributed by atoms with E-state index in [0.717, 1.165) is 5.56 Å². The number of aliphatic hydroxyl groups is 1. The number of hydrogen-bond acceptors (Lipinski definition) is 3. The summed E-state index contributed by atoms with van der Waals surface area (Å²) in [7, 11) is 0. The first-order valence-corrected chi connectivity index (χ1v) is 5.27. The van der Waals surface area contributed by atoms with Crippen molar-refractivity contribution in [2.24, 2.45) is 0 Å². The third kappa shape index (κ3) is 4.42. The summed E-state index contributed by atoms with van der Waals surface area (Å²) in [4.78, 5) is 11.0. The molecule has 3 N–H and O–H groups in total. The van der Waals surface area contributed by atoms with Crippen LogP contribution in [0.3, 0.4) is 0 Å². The van der Waals surface area contributed by atoms with E-state index in [4.69, 9.17) is 10.2 Å². The van der Waals surface area contributed by atoms with Gasteiger partial charge in [-0.3, -0.25) is 4.79 Å². The first kappa shape index (κ1) is 12.7. The Kier molecular flexibility index (Phi) is 4.95. The van der Waals surface area contributed by atoms with Crippen LogP contribution in [0.25, 0.3) is 0 Å². The van der Waals surface area contributed by atoms with Crippen LogP contribution < -0.4 is 5.32 Å². The summed E-state index contributed by atoms with van der Waals surface area (Å²) in [5, 5.41) is 20.9. The van der Waals surface area contributed by atoms with Gasteiger partial charge in [0.1, 0.15) is 6.04 Å². The fourth-order valence-electron chi connectivity index (χ4n) is 1.41. The summed E-state index contributed by atoms with van der Waals surface area (Å²) < 4.78 is 0.